The molecule has 1 aliphatic heterocycles. The van der Waals surface area contributed by atoms with Crippen LogP contribution in [0.1, 0.15) is 27.9 Å². The normalized spacial score (nSPS) is 17.4. The van der Waals surface area contributed by atoms with Gasteiger partial charge in [0.05, 0.1) is 18.2 Å². The summed E-state index contributed by atoms with van der Waals surface area (Å²) in [7, 11) is 1.35. The van der Waals surface area contributed by atoms with E-state index in [1.54, 1.807) is 24.3 Å². The van der Waals surface area contributed by atoms with E-state index in [-0.39, 0.29) is 5.97 Å². The average Bonchev–Trinajstić information content (AvgIpc) is 3.09. The van der Waals surface area contributed by atoms with Crippen LogP contribution in [0.4, 0.5) is 18.9 Å². The van der Waals surface area contributed by atoms with Gasteiger partial charge >= 0.3 is 12.1 Å². The van der Waals surface area contributed by atoms with E-state index in [1.165, 1.54) is 7.11 Å². The predicted molar refractivity (Wildman–Crippen MR) is 93.2 cm³/mol. The molecule has 1 heterocycles. The molecule has 3 nitrogen and oxygen atoms in total. The summed E-state index contributed by atoms with van der Waals surface area (Å²) in [4.78, 5) is 13.7. The van der Waals surface area contributed by atoms with Crippen molar-refractivity contribution in [3.05, 3.63) is 65.2 Å². The van der Waals surface area contributed by atoms with Gasteiger partial charge in [-0.2, -0.15) is 13.2 Å². The Labute approximate surface area is 150 Å². The average molecular weight is 363 g/mol. The molecule has 0 bridgehead atoms. The van der Waals surface area contributed by atoms with Crippen molar-refractivity contribution in [2.24, 2.45) is 5.92 Å². The SMILES string of the molecule is COC(=O)c1ccc(N2CCC(Cc3ccc(C(F)(F)F)cc3)C2)cc1. The molecule has 0 aliphatic carbocycles. The van der Waals surface area contributed by atoms with Crippen molar-refractivity contribution in [3.8, 4) is 0 Å². The number of rotatable bonds is 4. The molecule has 1 unspecified atom stereocenters. The highest BCUT2D eigenvalue weighted by atomic mass is 19.4. The Morgan fingerprint density at radius 1 is 1.12 bits per heavy atom. The van der Waals surface area contributed by atoms with Crippen LogP contribution in [-0.2, 0) is 17.3 Å². The fourth-order valence-corrected chi connectivity index (χ4v) is 3.32. The number of ether oxygens (including phenoxy) is 1. The molecule has 3 rings (SSSR count). The Morgan fingerprint density at radius 3 is 2.35 bits per heavy atom. The summed E-state index contributed by atoms with van der Waals surface area (Å²) < 4.78 is 42.6. The summed E-state index contributed by atoms with van der Waals surface area (Å²) in [6.07, 6.45) is -2.55. The summed E-state index contributed by atoms with van der Waals surface area (Å²) in [6.45, 7) is 1.74. The Morgan fingerprint density at radius 2 is 1.77 bits per heavy atom. The third-order valence-electron chi connectivity index (χ3n) is 4.75. The van der Waals surface area contributed by atoms with Crippen LogP contribution in [0.2, 0.25) is 0 Å². The fraction of sp³-hybridized carbons (Fsp3) is 0.350. The highest BCUT2D eigenvalue weighted by molar-refractivity contribution is 5.89. The molecule has 1 saturated heterocycles. The summed E-state index contributed by atoms with van der Waals surface area (Å²) in [5.74, 6) is 0.0326. The highest BCUT2D eigenvalue weighted by Gasteiger charge is 2.30. The number of carbonyl (C=O) groups excluding carboxylic acids is 1. The Hall–Kier alpha value is -2.50. The molecule has 138 valence electrons. The number of benzene rings is 2. The first kappa shape index (κ1) is 18.3. The molecule has 2 aromatic carbocycles. The fourth-order valence-electron chi connectivity index (χ4n) is 3.32. The molecule has 0 spiro atoms. The van der Waals surface area contributed by atoms with Gasteiger partial charge in [0, 0.05) is 18.8 Å². The van der Waals surface area contributed by atoms with E-state index < -0.39 is 11.7 Å². The Kier molecular flexibility index (Phi) is 5.20. The highest BCUT2D eigenvalue weighted by Crippen LogP contribution is 2.30. The molecule has 0 aromatic heterocycles. The van der Waals surface area contributed by atoms with Crippen molar-refractivity contribution in [1.82, 2.24) is 0 Å². The molecule has 1 atom stereocenters. The summed E-state index contributed by atoms with van der Waals surface area (Å²) in [6, 6.07) is 12.7. The summed E-state index contributed by atoms with van der Waals surface area (Å²) in [5.41, 5.74) is 1.86. The van der Waals surface area contributed by atoms with E-state index in [9.17, 15) is 18.0 Å². The lowest BCUT2D eigenvalue weighted by Crippen LogP contribution is -2.20. The van der Waals surface area contributed by atoms with Crippen LogP contribution < -0.4 is 4.90 Å². The predicted octanol–water partition coefficient (Wildman–Crippen LogP) is 4.56. The van der Waals surface area contributed by atoms with Gasteiger partial charge in [0.1, 0.15) is 0 Å². The lowest BCUT2D eigenvalue weighted by atomic mass is 9.98. The van der Waals surface area contributed by atoms with Crippen LogP contribution in [0, 0.1) is 5.92 Å². The minimum absolute atomic E-state index is 0.363. The van der Waals surface area contributed by atoms with Gasteiger partial charge in [-0.25, -0.2) is 4.79 Å². The molecule has 1 fully saturated rings. The van der Waals surface area contributed by atoms with Crippen LogP contribution in [-0.4, -0.2) is 26.2 Å². The lowest BCUT2D eigenvalue weighted by Gasteiger charge is -2.19. The number of alkyl halides is 3. The van der Waals surface area contributed by atoms with Crippen LogP contribution in [0.5, 0.6) is 0 Å². The van der Waals surface area contributed by atoms with Gasteiger partial charge in [-0.3, -0.25) is 0 Å². The van der Waals surface area contributed by atoms with Gasteiger partial charge in [0.25, 0.3) is 0 Å². The zero-order chi connectivity index (χ0) is 18.7. The van der Waals surface area contributed by atoms with Gasteiger partial charge in [0.15, 0.2) is 0 Å². The second-order valence-electron chi connectivity index (χ2n) is 6.54. The minimum Gasteiger partial charge on any atom is -0.465 e. The third-order valence-corrected chi connectivity index (χ3v) is 4.75. The number of methoxy groups -OCH3 is 1. The number of halogens is 3. The first-order valence-electron chi connectivity index (χ1n) is 8.46. The zero-order valence-corrected chi connectivity index (χ0v) is 14.4. The number of nitrogens with zero attached hydrogens (tertiary/aromatic N) is 1. The molecular weight excluding hydrogens is 343 g/mol. The van der Waals surface area contributed by atoms with Gasteiger partial charge in [0.2, 0.25) is 0 Å². The third kappa shape index (κ3) is 4.18. The molecule has 6 heteroatoms. The van der Waals surface area contributed by atoms with Crippen molar-refractivity contribution in [1.29, 1.82) is 0 Å². The molecule has 1 aliphatic rings. The monoisotopic (exact) mass is 363 g/mol. The van der Waals surface area contributed by atoms with E-state index in [4.69, 9.17) is 4.74 Å². The maximum Gasteiger partial charge on any atom is 0.416 e. The largest absolute Gasteiger partial charge is 0.465 e. The summed E-state index contributed by atoms with van der Waals surface area (Å²) >= 11 is 0. The van der Waals surface area contributed by atoms with E-state index >= 15 is 0 Å². The van der Waals surface area contributed by atoms with E-state index in [0.29, 0.717) is 11.5 Å². The van der Waals surface area contributed by atoms with Gasteiger partial charge in [-0.15, -0.1) is 0 Å². The second kappa shape index (κ2) is 7.40. The molecular formula is C20H20F3NO2. The van der Waals surface area contributed by atoms with E-state index in [0.717, 1.165) is 49.3 Å². The number of hydrogen-bond donors (Lipinski definition) is 0. The first-order chi connectivity index (χ1) is 12.4. The van der Waals surface area contributed by atoms with Gasteiger partial charge < -0.3 is 9.64 Å². The topological polar surface area (TPSA) is 29.5 Å². The zero-order valence-electron chi connectivity index (χ0n) is 14.4. The van der Waals surface area contributed by atoms with Gasteiger partial charge in [-0.05, 0) is 60.7 Å². The first-order valence-corrected chi connectivity index (χ1v) is 8.46. The molecule has 0 amide bonds. The maximum absolute atomic E-state index is 12.6. The molecule has 2 aromatic rings. The van der Waals surface area contributed by atoms with Crippen LogP contribution in [0.3, 0.4) is 0 Å². The number of hydrogen-bond acceptors (Lipinski definition) is 3. The molecule has 0 radical (unpaired) electrons. The second-order valence-corrected chi connectivity index (χ2v) is 6.54. The van der Waals surface area contributed by atoms with E-state index in [1.807, 2.05) is 12.1 Å². The van der Waals surface area contributed by atoms with Crippen molar-refractivity contribution >= 4 is 11.7 Å². The molecule has 0 N–H and O–H groups in total. The van der Waals surface area contributed by atoms with Crippen molar-refractivity contribution in [2.75, 3.05) is 25.1 Å². The lowest BCUT2D eigenvalue weighted by molar-refractivity contribution is -0.137. The number of anilines is 1. The number of carbonyl (C=O) groups is 1. The van der Waals surface area contributed by atoms with Gasteiger partial charge in [-0.1, -0.05) is 12.1 Å². The standard InChI is InChI=1S/C20H20F3NO2/c1-26-19(25)16-4-8-18(9-5-16)24-11-10-15(13-24)12-14-2-6-17(7-3-14)20(21,22)23/h2-9,15H,10-13H2,1H3. The Bertz CT molecular complexity index is 754. The Balaban J connectivity index is 1.59. The maximum atomic E-state index is 12.6. The van der Waals surface area contributed by atoms with Crippen molar-refractivity contribution < 1.29 is 22.7 Å². The van der Waals surface area contributed by atoms with Crippen molar-refractivity contribution in [3.63, 3.8) is 0 Å². The number of esters is 1. The molecule has 0 saturated carbocycles. The van der Waals surface area contributed by atoms with Crippen molar-refractivity contribution in [2.45, 2.75) is 19.0 Å². The van der Waals surface area contributed by atoms with Crippen LogP contribution in [0.25, 0.3) is 0 Å². The summed E-state index contributed by atoms with van der Waals surface area (Å²) in [5, 5.41) is 0. The minimum atomic E-state index is -4.29. The van der Waals surface area contributed by atoms with Crippen LogP contribution >= 0.6 is 0 Å². The quantitative estimate of drug-likeness (QED) is 0.746. The van der Waals surface area contributed by atoms with E-state index in [2.05, 4.69) is 4.90 Å². The molecule has 26 heavy (non-hydrogen) atoms. The van der Waals surface area contributed by atoms with Crippen LogP contribution in [0.15, 0.2) is 48.5 Å². The smallest absolute Gasteiger partial charge is 0.416 e.